The van der Waals surface area contributed by atoms with Gasteiger partial charge in [0.2, 0.25) is 0 Å². The Morgan fingerprint density at radius 3 is 2.59 bits per heavy atom. The minimum Gasteiger partial charge on any atom is -0.465 e. The molecule has 3 rings (SSSR count). The Balaban J connectivity index is 2.04. The zero-order chi connectivity index (χ0) is 21.1. The number of amides is 1. The molecule has 0 unspecified atom stereocenters. The SMILES string of the molecule is CCOC(=O)Cn1c(=NC(=O)Cc2ccc(C)c(C)c2)sc2cc(F)cc(F)c21. The molecule has 0 saturated heterocycles. The molecular weight excluding hydrogens is 398 g/mol. The molecule has 0 fully saturated rings. The fourth-order valence-electron chi connectivity index (χ4n) is 2.93. The van der Waals surface area contributed by atoms with Crippen LogP contribution in [-0.4, -0.2) is 23.1 Å². The summed E-state index contributed by atoms with van der Waals surface area (Å²) in [6, 6.07) is 7.57. The Morgan fingerprint density at radius 1 is 1.14 bits per heavy atom. The van der Waals surface area contributed by atoms with Crippen LogP contribution in [0.1, 0.15) is 23.6 Å². The van der Waals surface area contributed by atoms with Crippen molar-refractivity contribution in [2.24, 2.45) is 4.99 Å². The van der Waals surface area contributed by atoms with Crippen molar-refractivity contribution in [2.75, 3.05) is 6.61 Å². The quantitative estimate of drug-likeness (QED) is 0.592. The van der Waals surface area contributed by atoms with Gasteiger partial charge in [-0.3, -0.25) is 9.59 Å². The van der Waals surface area contributed by atoms with E-state index >= 15 is 0 Å². The van der Waals surface area contributed by atoms with Gasteiger partial charge in [0.1, 0.15) is 12.4 Å². The molecule has 1 aromatic heterocycles. The van der Waals surface area contributed by atoms with Crippen molar-refractivity contribution >= 4 is 33.4 Å². The Kier molecular flexibility index (Phi) is 6.22. The number of thiazole rings is 1. The molecule has 5 nitrogen and oxygen atoms in total. The molecule has 0 bridgehead atoms. The van der Waals surface area contributed by atoms with E-state index in [2.05, 4.69) is 4.99 Å². The first-order valence-corrected chi connectivity index (χ1v) is 9.87. The second-order valence-electron chi connectivity index (χ2n) is 6.61. The van der Waals surface area contributed by atoms with Gasteiger partial charge in [0.15, 0.2) is 10.6 Å². The first kappa shape index (κ1) is 20.9. The zero-order valence-electron chi connectivity index (χ0n) is 16.3. The van der Waals surface area contributed by atoms with Crippen LogP contribution in [0.2, 0.25) is 0 Å². The second kappa shape index (κ2) is 8.65. The molecule has 0 aliphatic heterocycles. The molecule has 2 aromatic carbocycles. The van der Waals surface area contributed by atoms with Gasteiger partial charge in [-0.25, -0.2) is 8.78 Å². The van der Waals surface area contributed by atoms with Gasteiger partial charge in [0, 0.05) is 6.07 Å². The van der Waals surface area contributed by atoms with E-state index in [0.29, 0.717) is 0 Å². The standard InChI is InChI=1S/C21H20F2N2O3S/c1-4-28-19(27)11-25-20-16(23)9-15(22)10-17(20)29-21(25)24-18(26)8-14-6-5-12(2)13(3)7-14/h5-7,9-10H,4,8,11H2,1-3H3. The predicted octanol–water partition coefficient (Wildman–Crippen LogP) is 3.83. The number of hydrogen-bond donors (Lipinski definition) is 0. The third-order valence-electron chi connectivity index (χ3n) is 4.43. The molecule has 0 saturated carbocycles. The van der Waals surface area contributed by atoms with Crippen LogP contribution in [-0.2, 0) is 27.3 Å². The van der Waals surface area contributed by atoms with Gasteiger partial charge in [-0.1, -0.05) is 29.5 Å². The Labute approximate surface area is 170 Å². The van der Waals surface area contributed by atoms with Crippen molar-refractivity contribution in [3.8, 4) is 0 Å². The van der Waals surface area contributed by atoms with Crippen molar-refractivity contribution in [1.82, 2.24) is 4.57 Å². The first-order chi connectivity index (χ1) is 13.8. The molecule has 0 N–H and O–H groups in total. The molecule has 0 atom stereocenters. The van der Waals surface area contributed by atoms with Crippen molar-refractivity contribution in [3.63, 3.8) is 0 Å². The number of hydrogen-bond acceptors (Lipinski definition) is 4. The van der Waals surface area contributed by atoms with Crippen LogP contribution in [0.15, 0.2) is 35.3 Å². The van der Waals surface area contributed by atoms with Crippen molar-refractivity contribution in [1.29, 1.82) is 0 Å². The molecule has 0 aliphatic carbocycles. The van der Waals surface area contributed by atoms with E-state index in [9.17, 15) is 18.4 Å². The largest absolute Gasteiger partial charge is 0.465 e. The smallest absolute Gasteiger partial charge is 0.326 e. The maximum Gasteiger partial charge on any atom is 0.326 e. The van der Waals surface area contributed by atoms with Crippen molar-refractivity contribution in [3.05, 3.63) is 63.5 Å². The highest BCUT2D eigenvalue weighted by molar-refractivity contribution is 7.16. The topological polar surface area (TPSA) is 60.7 Å². The number of esters is 1. The summed E-state index contributed by atoms with van der Waals surface area (Å²) in [4.78, 5) is 28.7. The highest BCUT2D eigenvalue weighted by Gasteiger charge is 2.17. The van der Waals surface area contributed by atoms with Crippen molar-refractivity contribution in [2.45, 2.75) is 33.7 Å². The molecule has 8 heteroatoms. The van der Waals surface area contributed by atoms with E-state index in [1.165, 1.54) is 4.57 Å². The molecule has 1 amide bonds. The number of aryl methyl sites for hydroxylation is 2. The van der Waals surface area contributed by atoms with E-state index in [1.54, 1.807) is 6.92 Å². The Hall–Kier alpha value is -2.87. The van der Waals surface area contributed by atoms with E-state index < -0.39 is 23.5 Å². The van der Waals surface area contributed by atoms with Gasteiger partial charge < -0.3 is 9.30 Å². The van der Waals surface area contributed by atoms with Gasteiger partial charge in [-0.15, -0.1) is 0 Å². The summed E-state index contributed by atoms with van der Waals surface area (Å²) in [6.07, 6.45) is 0.0611. The normalized spacial score (nSPS) is 11.8. The summed E-state index contributed by atoms with van der Waals surface area (Å²) < 4.78 is 34.4. The van der Waals surface area contributed by atoms with Crippen LogP contribution in [0.25, 0.3) is 10.2 Å². The Bertz CT molecular complexity index is 1160. The van der Waals surface area contributed by atoms with Crippen LogP contribution >= 0.6 is 11.3 Å². The highest BCUT2D eigenvalue weighted by Crippen LogP contribution is 2.22. The van der Waals surface area contributed by atoms with E-state index in [1.807, 2.05) is 32.0 Å². The monoisotopic (exact) mass is 418 g/mol. The number of benzene rings is 2. The maximum atomic E-state index is 14.4. The molecule has 0 radical (unpaired) electrons. The zero-order valence-corrected chi connectivity index (χ0v) is 17.1. The van der Waals surface area contributed by atoms with Crippen LogP contribution in [0.5, 0.6) is 0 Å². The lowest BCUT2D eigenvalue weighted by Gasteiger charge is -2.06. The number of aromatic nitrogens is 1. The average Bonchev–Trinajstić information content (AvgIpc) is 2.95. The number of ether oxygens (including phenoxy) is 1. The fraction of sp³-hybridized carbons (Fsp3) is 0.286. The molecule has 0 aliphatic rings. The number of nitrogens with zero attached hydrogens (tertiary/aromatic N) is 2. The summed E-state index contributed by atoms with van der Waals surface area (Å²) in [5, 5.41) is 0. The number of halogens is 2. The third-order valence-corrected chi connectivity index (χ3v) is 5.46. The van der Waals surface area contributed by atoms with Gasteiger partial charge in [-0.2, -0.15) is 4.99 Å². The summed E-state index contributed by atoms with van der Waals surface area (Å²) in [6.45, 7) is 5.43. The first-order valence-electron chi connectivity index (χ1n) is 9.06. The number of carbonyl (C=O) groups is 2. The molecule has 29 heavy (non-hydrogen) atoms. The molecule has 0 spiro atoms. The minimum atomic E-state index is -0.830. The lowest BCUT2D eigenvalue weighted by molar-refractivity contribution is -0.143. The van der Waals surface area contributed by atoms with Gasteiger partial charge >= 0.3 is 5.97 Å². The van der Waals surface area contributed by atoms with Gasteiger partial charge in [-0.05, 0) is 43.5 Å². The Morgan fingerprint density at radius 2 is 1.90 bits per heavy atom. The van der Waals surface area contributed by atoms with Gasteiger partial charge in [0.05, 0.1) is 23.2 Å². The van der Waals surface area contributed by atoms with Crippen LogP contribution in [0.4, 0.5) is 8.78 Å². The molecule has 1 heterocycles. The van der Waals surface area contributed by atoms with E-state index in [4.69, 9.17) is 4.74 Å². The van der Waals surface area contributed by atoms with E-state index in [0.717, 1.165) is 40.2 Å². The summed E-state index contributed by atoms with van der Waals surface area (Å²) in [5.41, 5.74) is 3.00. The number of rotatable bonds is 5. The lowest BCUT2D eigenvalue weighted by Crippen LogP contribution is -2.23. The van der Waals surface area contributed by atoms with Gasteiger partial charge in [0.25, 0.3) is 5.91 Å². The second-order valence-corrected chi connectivity index (χ2v) is 7.62. The van der Waals surface area contributed by atoms with Crippen molar-refractivity contribution < 1.29 is 23.1 Å². The molecule has 3 aromatic rings. The van der Waals surface area contributed by atoms with Crippen LogP contribution in [0, 0.1) is 25.5 Å². The van der Waals surface area contributed by atoms with E-state index in [-0.39, 0.29) is 34.6 Å². The molecule has 152 valence electrons. The predicted molar refractivity (Wildman–Crippen MR) is 107 cm³/mol. The molecular formula is C21H20F2N2O3S. The summed E-state index contributed by atoms with van der Waals surface area (Å²) in [5.74, 6) is -2.62. The number of fused-ring (bicyclic) bond motifs is 1. The lowest BCUT2D eigenvalue weighted by atomic mass is 10.0. The summed E-state index contributed by atoms with van der Waals surface area (Å²) in [7, 11) is 0. The minimum absolute atomic E-state index is 0.0159. The third kappa shape index (κ3) is 4.76. The average molecular weight is 418 g/mol. The fourth-order valence-corrected chi connectivity index (χ4v) is 4.02. The maximum absolute atomic E-state index is 14.4. The summed E-state index contributed by atoms with van der Waals surface area (Å²) >= 11 is 0.944. The van der Waals surface area contributed by atoms with Crippen LogP contribution < -0.4 is 4.80 Å². The number of carbonyl (C=O) groups excluding carboxylic acids is 2. The highest BCUT2D eigenvalue weighted by atomic mass is 32.1. The van der Waals surface area contributed by atoms with Crippen LogP contribution in [0.3, 0.4) is 0 Å².